The number of aliphatic hydroxyl groups is 9. The van der Waals surface area contributed by atoms with Gasteiger partial charge in [-0.15, -0.1) is 0 Å². The molecule has 0 spiro atoms. The van der Waals surface area contributed by atoms with Crippen LogP contribution in [0.1, 0.15) is 6.92 Å². The zero-order chi connectivity index (χ0) is 23.0. The van der Waals surface area contributed by atoms with Crippen LogP contribution in [-0.2, 0) is 23.7 Å². The lowest BCUT2D eigenvalue weighted by Crippen LogP contribution is -2.64. The highest BCUT2D eigenvalue weighted by Gasteiger charge is 2.50. The van der Waals surface area contributed by atoms with Gasteiger partial charge in [-0.05, 0) is 6.92 Å². The number of rotatable bonds is 5. The largest absolute Gasteiger partial charge is 0.394 e. The minimum absolute atomic E-state index is 0.386. The third-order valence-electron chi connectivity index (χ3n) is 5.69. The third kappa shape index (κ3) is 5.02. The summed E-state index contributed by atoms with van der Waals surface area (Å²) in [7, 11) is 0. The lowest BCUT2D eigenvalue weighted by Gasteiger charge is -2.45. The third-order valence-corrected chi connectivity index (χ3v) is 5.69. The van der Waals surface area contributed by atoms with Crippen LogP contribution in [0.4, 0.5) is 0 Å². The molecule has 0 amide bonds. The summed E-state index contributed by atoms with van der Waals surface area (Å²) in [5.74, 6) is 0. The Labute approximate surface area is 176 Å². The summed E-state index contributed by atoms with van der Waals surface area (Å²) in [4.78, 5) is 0. The van der Waals surface area contributed by atoms with Crippen molar-refractivity contribution in [3.8, 4) is 0 Å². The molecule has 3 saturated heterocycles. The van der Waals surface area contributed by atoms with Crippen molar-refractivity contribution in [1.82, 2.24) is 0 Å². The molecule has 0 aromatic carbocycles. The molecule has 3 rings (SSSR count). The summed E-state index contributed by atoms with van der Waals surface area (Å²) in [6.07, 6.45) is -21.1. The normalized spacial score (nSPS) is 54.0. The van der Waals surface area contributed by atoms with Gasteiger partial charge in [0.25, 0.3) is 0 Å². The Morgan fingerprint density at radius 3 is 1.90 bits per heavy atom. The van der Waals surface area contributed by atoms with E-state index in [1.54, 1.807) is 0 Å². The molecule has 0 radical (unpaired) electrons. The molecule has 0 unspecified atom stereocenters. The molecule has 3 fully saturated rings. The Hall–Kier alpha value is -0.560. The van der Waals surface area contributed by atoms with Gasteiger partial charge in [-0.2, -0.15) is 0 Å². The second kappa shape index (κ2) is 10.1. The summed E-state index contributed by atoms with van der Waals surface area (Å²) in [6, 6.07) is 0. The van der Waals surface area contributed by atoms with E-state index in [-0.39, 0.29) is 6.61 Å². The van der Waals surface area contributed by atoms with E-state index in [4.69, 9.17) is 23.7 Å². The van der Waals surface area contributed by atoms with Gasteiger partial charge in [-0.25, -0.2) is 0 Å². The first-order valence-corrected chi connectivity index (χ1v) is 9.85. The topological polar surface area (TPSA) is 228 Å². The van der Waals surface area contributed by atoms with Crippen LogP contribution in [0.2, 0.25) is 0 Å². The molecule has 14 nitrogen and oxygen atoms in total. The van der Waals surface area contributed by atoms with Crippen molar-refractivity contribution in [2.45, 2.75) is 92.9 Å². The van der Waals surface area contributed by atoms with Crippen molar-refractivity contribution >= 4 is 0 Å². The van der Waals surface area contributed by atoms with E-state index in [1.165, 1.54) is 6.92 Å². The van der Waals surface area contributed by atoms with E-state index in [0.29, 0.717) is 0 Å². The average molecular weight is 458 g/mol. The maximum absolute atomic E-state index is 10.6. The molecular formula is C17H30O14. The van der Waals surface area contributed by atoms with E-state index in [1.807, 2.05) is 0 Å². The summed E-state index contributed by atoms with van der Waals surface area (Å²) in [5.41, 5.74) is 0. The Balaban J connectivity index is 1.66. The summed E-state index contributed by atoms with van der Waals surface area (Å²) >= 11 is 0. The van der Waals surface area contributed by atoms with Crippen molar-refractivity contribution in [2.75, 3.05) is 13.2 Å². The van der Waals surface area contributed by atoms with Crippen LogP contribution in [-0.4, -0.2) is 145 Å². The highest BCUT2D eigenvalue weighted by molar-refractivity contribution is 4.93. The molecule has 14 atom stereocenters. The molecule has 0 aromatic heterocycles. The van der Waals surface area contributed by atoms with Crippen molar-refractivity contribution in [3.05, 3.63) is 0 Å². The monoisotopic (exact) mass is 458 g/mol. The van der Waals surface area contributed by atoms with Crippen LogP contribution in [0.3, 0.4) is 0 Å². The lowest BCUT2D eigenvalue weighted by molar-refractivity contribution is -0.368. The Bertz CT molecular complexity index is 579. The number of ether oxygens (including phenoxy) is 5. The Morgan fingerprint density at radius 2 is 1.29 bits per heavy atom. The van der Waals surface area contributed by atoms with Gasteiger partial charge in [-0.3, -0.25) is 0 Å². The molecule has 9 N–H and O–H groups in total. The number of hydrogen-bond acceptors (Lipinski definition) is 14. The Kier molecular flexibility index (Phi) is 8.21. The zero-order valence-corrected chi connectivity index (χ0v) is 16.6. The first-order chi connectivity index (χ1) is 14.6. The van der Waals surface area contributed by atoms with Crippen LogP contribution in [0.5, 0.6) is 0 Å². The molecule has 31 heavy (non-hydrogen) atoms. The highest BCUT2D eigenvalue weighted by Crippen LogP contribution is 2.29. The van der Waals surface area contributed by atoms with E-state index in [0.717, 1.165) is 0 Å². The van der Waals surface area contributed by atoms with Gasteiger partial charge in [0.1, 0.15) is 61.0 Å². The molecule has 0 saturated carbocycles. The fourth-order valence-corrected chi connectivity index (χ4v) is 3.67. The molecule has 3 aliphatic heterocycles. The average Bonchev–Trinajstić information content (AvgIpc) is 2.75. The molecule has 0 aliphatic carbocycles. The van der Waals surface area contributed by atoms with Crippen LogP contribution < -0.4 is 0 Å². The number of aliphatic hydroxyl groups excluding tert-OH is 9. The maximum Gasteiger partial charge on any atom is 0.187 e. The quantitative estimate of drug-likeness (QED) is 0.187. The van der Waals surface area contributed by atoms with Crippen molar-refractivity contribution in [2.24, 2.45) is 0 Å². The molecule has 182 valence electrons. The first kappa shape index (κ1) is 25.1. The van der Waals surface area contributed by atoms with Gasteiger partial charge in [0.15, 0.2) is 18.9 Å². The SMILES string of the molecule is C[C@H]1O[C@@H](O[C@H]2[C@H](O)[C@@H](O[C@@H]3O[C@H](CO)[C@@H](O)[C@@H](O)[C@H]3O)CO[C@@H]2O)[C@H](O)[C@@H](O)[C@H]1O. The van der Waals surface area contributed by atoms with Crippen LogP contribution in [0.15, 0.2) is 0 Å². The molecule has 0 bridgehead atoms. The second-order valence-corrected chi connectivity index (χ2v) is 7.87. The molecule has 14 heteroatoms. The van der Waals surface area contributed by atoms with Gasteiger partial charge < -0.3 is 69.6 Å². The van der Waals surface area contributed by atoms with Gasteiger partial charge >= 0.3 is 0 Å². The first-order valence-electron chi connectivity index (χ1n) is 9.85. The van der Waals surface area contributed by atoms with E-state index >= 15 is 0 Å². The summed E-state index contributed by atoms with van der Waals surface area (Å²) in [6.45, 7) is 0.358. The summed E-state index contributed by atoms with van der Waals surface area (Å²) < 4.78 is 26.5. The van der Waals surface area contributed by atoms with Gasteiger partial charge in [-0.1, -0.05) is 0 Å². The van der Waals surface area contributed by atoms with Crippen LogP contribution >= 0.6 is 0 Å². The standard InChI is InChI=1S/C17H30O14/c1-4-7(19)10(22)12(24)16(28-4)31-14-9(21)6(3-27-15(14)26)30-17-13(25)11(23)8(20)5(2-18)29-17/h4-26H,2-3H2,1H3/t4-,5-,6+,7+,8-,9-,10+,11-,12-,13-,14+,15+,16+,17+/m1/s1. The molecule has 3 heterocycles. The lowest BCUT2D eigenvalue weighted by atomic mass is 9.98. The minimum Gasteiger partial charge on any atom is -0.394 e. The maximum atomic E-state index is 10.6. The molecule has 3 aliphatic rings. The van der Waals surface area contributed by atoms with Gasteiger partial charge in [0, 0.05) is 0 Å². The van der Waals surface area contributed by atoms with E-state index in [2.05, 4.69) is 0 Å². The second-order valence-electron chi connectivity index (χ2n) is 7.87. The fourth-order valence-electron chi connectivity index (χ4n) is 3.67. The predicted octanol–water partition coefficient (Wildman–Crippen LogP) is -5.91. The van der Waals surface area contributed by atoms with E-state index in [9.17, 15) is 46.0 Å². The van der Waals surface area contributed by atoms with Crippen molar-refractivity contribution in [1.29, 1.82) is 0 Å². The molecule has 0 aromatic rings. The van der Waals surface area contributed by atoms with Crippen LogP contribution in [0.25, 0.3) is 0 Å². The van der Waals surface area contributed by atoms with Crippen LogP contribution in [0, 0.1) is 0 Å². The minimum atomic E-state index is -1.72. The highest BCUT2D eigenvalue weighted by atomic mass is 16.7. The number of hydrogen-bond donors (Lipinski definition) is 9. The smallest absolute Gasteiger partial charge is 0.187 e. The predicted molar refractivity (Wildman–Crippen MR) is 93.8 cm³/mol. The van der Waals surface area contributed by atoms with E-state index < -0.39 is 92.6 Å². The van der Waals surface area contributed by atoms with Gasteiger partial charge in [0.2, 0.25) is 0 Å². The van der Waals surface area contributed by atoms with Crippen molar-refractivity contribution < 1.29 is 69.6 Å². The Morgan fingerprint density at radius 1 is 0.710 bits per heavy atom. The van der Waals surface area contributed by atoms with Crippen molar-refractivity contribution in [3.63, 3.8) is 0 Å². The molecular weight excluding hydrogens is 428 g/mol. The fraction of sp³-hybridized carbons (Fsp3) is 1.00. The van der Waals surface area contributed by atoms with Gasteiger partial charge in [0.05, 0.1) is 19.3 Å². The summed E-state index contributed by atoms with van der Waals surface area (Å²) in [5, 5.41) is 89.4. The zero-order valence-electron chi connectivity index (χ0n) is 16.6.